The van der Waals surface area contributed by atoms with Gasteiger partial charge in [-0.1, -0.05) is 12.1 Å². The summed E-state index contributed by atoms with van der Waals surface area (Å²) in [6, 6.07) is 10.3. The fraction of sp³-hybridized carbons (Fsp3) is 0.368. The van der Waals surface area contributed by atoms with Gasteiger partial charge in [-0.25, -0.2) is 13.6 Å². The van der Waals surface area contributed by atoms with Gasteiger partial charge in [0.2, 0.25) is 0 Å². The van der Waals surface area contributed by atoms with E-state index in [9.17, 15) is 13.6 Å². The molecule has 1 aliphatic heterocycles. The van der Waals surface area contributed by atoms with Crippen molar-refractivity contribution >= 4 is 6.03 Å². The molecule has 1 aromatic heterocycles. The molecule has 3 rings (SSSR count). The summed E-state index contributed by atoms with van der Waals surface area (Å²) in [5, 5.41) is 2.96. The maximum atomic E-state index is 13.3. The van der Waals surface area contributed by atoms with Gasteiger partial charge in [0.1, 0.15) is 5.75 Å². The van der Waals surface area contributed by atoms with E-state index in [1.165, 1.54) is 4.90 Å². The van der Waals surface area contributed by atoms with Gasteiger partial charge in [0, 0.05) is 38.3 Å². The zero-order valence-electron chi connectivity index (χ0n) is 14.5. The van der Waals surface area contributed by atoms with Crippen molar-refractivity contribution in [2.75, 3.05) is 20.2 Å². The van der Waals surface area contributed by atoms with Gasteiger partial charge in [-0.15, -0.1) is 0 Å². The van der Waals surface area contributed by atoms with Crippen molar-refractivity contribution in [3.8, 4) is 5.75 Å². The highest BCUT2D eigenvalue weighted by molar-refractivity contribution is 5.75. The Labute approximate surface area is 151 Å². The molecule has 5 nitrogen and oxygen atoms in total. The number of benzene rings is 1. The smallest absolute Gasteiger partial charge is 0.318 e. The SMILES string of the molecule is COc1ccc(C(NC(=O)N2CCC(F)(F)CC2)c2ccncc2)cc1. The van der Waals surface area contributed by atoms with Gasteiger partial charge < -0.3 is 15.0 Å². The average Bonchev–Trinajstić information content (AvgIpc) is 2.66. The van der Waals surface area contributed by atoms with E-state index < -0.39 is 12.0 Å². The molecular formula is C19H21F2N3O2. The number of ether oxygens (including phenoxy) is 1. The highest BCUT2D eigenvalue weighted by atomic mass is 19.3. The molecule has 1 atom stereocenters. The van der Waals surface area contributed by atoms with Crippen LogP contribution in [0.5, 0.6) is 5.75 Å². The van der Waals surface area contributed by atoms with Crippen LogP contribution in [0, 0.1) is 0 Å². The fourth-order valence-electron chi connectivity index (χ4n) is 2.96. The number of nitrogens with one attached hydrogen (secondary N) is 1. The summed E-state index contributed by atoms with van der Waals surface area (Å²) in [7, 11) is 1.59. The third kappa shape index (κ3) is 4.28. The van der Waals surface area contributed by atoms with Crippen LogP contribution in [0.25, 0.3) is 0 Å². The molecule has 0 radical (unpaired) electrons. The van der Waals surface area contributed by atoms with E-state index in [1.807, 2.05) is 36.4 Å². The molecule has 0 aliphatic carbocycles. The van der Waals surface area contributed by atoms with Gasteiger partial charge in [-0.05, 0) is 35.4 Å². The number of halogens is 2. The first-order chi connectivity index (χ1) is 12.5. The Balaban J connectivity index is 1.79. The van der Waals surface area contributed by atoms with Gasteiger partial charge in [0.05, 0.1) is 13.2 Å². The Hall–Kier alpha value is -2.70. The third-order valence-electron chi connectivity index (χ3n) is 4.54. The lowest BCUT2D eigenvalue weighted by atomic mass is 9.99. The molecule has 26 heavy (non-hydrogen) atoms. The van der Waals surface area contributed by atoms with E-state index >= 15 is 0 Å². The molecule has 1 aliphatic rings. The molecule has 138 valence electrons. The van der Waals surface area contributed by atoms with E-state index in [1.54, 1.807) is 19.5 Å². The summed E-state index contributed by atoms with van der Waals surface area (Å²) in [6.07, 6.45) is 2.70. The number of carbonyl (C=O) groups excluding carboxylic acids is 1. The number of aromatic nitrogens is 1. The van der Waals surface area contributed by atoms with E-state index in [0.717, 1.165) is 11.1 Å². The highest BCUT2D eigenvalue weighted by Gasteiger charge is 2.36. The van der Waals surface area contributed by atoms with Crippen LogP contribution < -0.4 is 10.1 Å². The second-order valence-corrected chi connectivity index (χ2v) is 6.28. The van der Waals surface area contributed by atoms with Crippen LogP contribution >= 0.6 is 0 Å². The Morgan fingerprint density at radius 2 is 1.69 bits per heavy atom. The third-order valence-corrected chi connectivity index (χ3v) is 4.54. The Kier molecular flexibility index (Phi) is 5.35. The number of piperidine rings is 1. The number of amides is 2. The first kappa shape index (κ1) is 18.1. The molecule has 2 heterocycles. The number of alkyl halides is 2. The predicted molar refractivity (Wildman–Crippen MR) is 93.4 cm³/mol. The van der Waals surface area contributed by atoms with Crippen molar-refractivity contribution in [2.45, 2.75) is 24.8 Å². The van der Waals surface area contributed by atoms with Crippen LogP contribution in [0.4, 0.5) is 13.6 Å². The number of rotatable bonds is 4. The maximum Gasteiger partial charge on any atom is 0.318 e. The molecule has 2 amide bonds. The lowest BCUT2D eigenvalue weighted by molar-refractivity contribution is -0.0470. The molecule has 7 heteroatoms. The zero-order chi connectivity index (χ0) is 18.6. The van der Waals surface area contributed by atoms with Crippen LogP contribution in [0.15, 0.2) is 48.8 Å². The van der Waals surface area contributed by atoms with Crippen LogP contribution in [0.3, 0.4) is 0 Å². The summed E-state index contributed by atoms with van der Waals surface area (Å²) >= 11 is 0. The van der Waals surface area contributed by atoms with Crippen LogP contribution in [0.1, 0.15) is 30.0 Å². The van der Waals surface area contributed by atoms with Crippen molar-refractivity contribution in [3.05, 3.63) is 59.9 Å². The molecule has 0 saturated carbocycles. The molecule has 1 saturated heterocycles. The molecule has 1 unspecified atom stereocenters. The first-order valence-corrected chi connectivity index (χ1v) is 8.46. The second kappa shape index (κ2) is 7.68. The van der Waals surface area contributed by atoms with Gasteiger partial charge >= 0.3 is 6.03 Å². The lowest BCUT2D eigenvalue weighted by Gasteiger charge is -2.33. The lowest BCUT2D eigenvalue weighted by Crippen LogP contribution is -2.48. The van der Waals surface area contributed by atoms with E-state index in [4.69, 9.17) is 4.74 Å². The fourth-order valence-corrected chi connectivity index (χ4v) is 2.96. The summed E-state index contributed by atoms with van der Waals surface area (Å²) < 4.78 is 31.8. The Morgan fingerprint density at radius 1 is 1.12 bits per heavy atom. The first-order valence-electron chi connectivity index (χ1n) is 8.46. The van der Waals surface area contributed by atoms with Gasteiger partial charge in [-0.3, -0.25) is 4.98 Å². The quantitative estimate of drug-likeness (QED) is 0.905. The average molecular weight is 361 g/mol. The molecule has 2 aromatic rings. The van der Waals surface area contributed by atoms with Crippen molar-refractivity contribution in [1.82, 2.24) is 15.2 Å². The van der Waals surface area contributed by atoms with Gasteiger partial charge in [-0.2, -0.15) is 0 Å². The van der Waals surface area contributed by atoms with E-state index in [0.29, 0.717) is 5.75 Å². The van der Waals surface area contributed by atoms with Crippen molar-refractivity contribution in [3.63, 3.8) is 0 Å². The Bertz CT molecular complexity index is 728. The number of likely N-dealkylation sites (tertiary alicyclic amines) is 1. The summed E-state index contributed by atoms with van der Waals surface area (Å²) in [4.78, 5) is 18.1. The molecule has 1 aromatic carbocycles. The molecule has 1 N–H and O–H groups in total. The summed E-state index contributed by atoms with van der Waals surface area (Å²) in [5.41, 5.74) is 1.73. The number of methoxy groups -OCH3 is 1. The van der Waals surface area contributed by atoms with Crippen LogP contribution in [0.2, 0.25) is 0 Å². The number of urea groups is 1. The second-order valence-electron chi connectivity index (χ2n) is 6.28. The number of pyridine rings is 1. The minimum atomic E-state index is -2.68. The molecule has 1 fully saturated rings. The minimum absolute atomic E-state index is 0.0461. The van der Waals surface area contributed by atoms with Crippen molar-refractivity contribution in [1.29, 1.82) is 0 Å². The number of carbonyl (C=O) groups is 1. The zero-order valence-corrected chi connectivity index (χ0v) is 14.5. The van der Waals surface area contributed by atoms with Crippen LogP contribution in [-0.4, -0.2) is 42.0 Å². The monoisotopic (exact) mass is 361 g/mol. The van der Waals surface area contributed by atoms with Crippen LogP contribution in [-0.2, 0) is 0 Å². The summed E-state index contributed by atoms with van der Waals surface area (Å²) in [6.45, 7) is 0.0923. The predicted octanol–water partition coefficient (Wildman–Crippen LogP) is 3.62. The van der Waals surface area contributed by atoms with Crippen molar-refractivity contribution in [2.24, 2.45) is 0 Å². The van der Waals surface area contributed by atoms with E-state index in [2.05, 4.69) is 10.3 Å². The Morgan fingerprint density at radius 3 is 2.27 bits per heavy atom. The normalized spacial score (nSPS) is 17.4. The van der Waals surface area contributed by atoms with Gasteiger partial charge in [0.25, 0.3) is 5.92 Å². The molecule has 0 spiro atoms. The number of nitrogens with zero attached hydrogens (tertiary/aromatic N) is 2. The molecule has 0 bridgehead atoms. The standard InChI is InChI=1S/C19H21F2N3O2/c1-26-16-4-2-14(3-5-16)17(15-6-10-22-11-7-15)23-18(25)24-12-8-19(20,21)9-13-24/h2-7,10-11,17H,8-9,12-13H2,1H3,(H,23,25). The van der Waals surface area contributed by atoms with Crippen molar-refractivity contribution < 1.29 is 18.3 Å². The minimum Gasteiger partial charge on any atom is -0.497 e. The topological polar surface area (TPSA) is 54.5 Å². The summed E-state index contributed by atoms with van der Waals surface area (Å²) in [5.74, 6) is -1.97. The van der Waals surface area contributed by atoms with E-state index in [-0.39, 0.29) is 32.0 Å². The maximum absolute atomic E-state index is 13.3. The molecular weight excluding hydrogens is 340 g/mol. The van der Waals surface area contributed by atoms with Gasteiger partial charge in [0.15, 0.2) is 0 Å². The number of hydrogen-bond acceptors (Lipinski definition) is 3. The largest absolute Gasteiger partial charge is 0.497 e. The number of hydrogen-bond donors (Lipinski definition) is 1. The highest BCUT2D eigenvalue weighted by Crippen LogP contribution is 2.29.